The van der Waals surface area contributed by atoms with Crippen molar-refractivity contribution >= 4 is 0 Å². The summed E-state index contributed by atoms with van der Waals surface area (Å²) in [6.07, 6.45) is 7.54. The molecule has 0 aliphatic carbocycles. The van der Waals surface area contributed by atoms with Gasteiger partial charge in [-0.1, -0.05) is 6.92 Å². The number of rotatable bonds is 9. The van der Waals surface area contributed by atoms with E-state index in [9.17, 15) is 0 Å². The van der Waals surface area contributed by atoms with Crippen molar-refractivity contribution in [3.63, 3.8) is 0 Å². The van der Waals surface area contributed by atoms with Crippen molar-refractivity contribution in [2.24, 2.45) is 5.84 Å². The molecule has 0 radical (unpaired) electrons. The average Bonchev–Trinajstić information content (AvgIpc) is 2.85. The van der Waals surface area contributed by atoms with Gasteiger partial charge >= 0.3 is 0 Å². The summed E-state index contributed by atoms with van der Waals surface area (Å²) in [5.74, 6) is 5.61. The zero-order valence-electron chi connectivity index (χ0n) is 11.3. The van der Waals surface area contributed by atoms with Gasteiger partial charge in [0.15, 0.2) is 0 Å². The van der Waals surface area contributed by atoms with Crippen LogP contribution in [-0.4, -0.2) is 31.5 Å². The minimum Gasteiger partial charge on any atom is -0.378 e. The molecule has 0 aromatic heterocycles. The summed E-state index contributed by atoms with van der Waals surface area (Å²) in [6, 6.07) is 0.265. The van der Waals surface area contributed by atoms with Crippen molar-refractivity contribution in [3.05, 3.63) is 0 Å². The van der Waals surface area contributed by atoms with Gasteiger partial charge in [-0.3, -0.25) is 11.3 Å². The molecule has 102 valence electrons. The van der Waals surface area contributed by atoms with Crippen molar-refractivity contribution in [1.29, 1.82) is 0 Å². The maximum atomic E-state index is 5.69. The molecule has 0 aromatic rings. The molecule has 1 rings (SSSR count). The Bertz CT molecular complexity index is 184. The van der Waals surface area contributed by atoms with Crippen LogP contribution in [0.5, 0.6) is 0 Å². The topological polar surface area (TPSA) is 56.5 Å². The fourth-order valence-corrected chi connectivity index (χ4v) is 2.55. The van der Waals surface area contributed by atoms with E-state index in [4.69, 9.17) is 15.3 Å². The second-order valence-corrected chi connectivity index (χ2v) is 4.74. The predicted octanol–water partition coefficient (Wildman–Crippen LogP) is 1.98. The van der Waals surface area contributed by atoms with Gasteiger partial charge in [0.2, 0.25) is 0 Å². The van der Waals surface area contributed by atoms with E-state index in [0.29, 0.717) is 6.10 Å². The van der Waals surface area contributed by atoms with Crippen molar-refractivity contribution in [2.75, 3.05) is 13.2 Å². The van der Waals surface area contributed by atoms with E-state index in [1.807, 2.05) is 6.92 Å². The maximum Gasteiger partial charge on any atom is 0.0738 e. The highest BCUT2D eigenvalue weighted by atomic mass is 16.5. The first-order valence-corrected chi connectivity index (χ1v) is 7.01. The first-order chi connectivity index (χ1) is 8.31. The molecule has 17 heavy (non-hydrogen) atoms. The molecule has 4 nitrogen and oxygen atoms in total. The van der Waals surface area contributed by atoms with Gasteiger partial charge in [0.1, 0.15) is 0 Å². The van der Waals surface area contributed by atoms with Crippen molar-refractivity contribution in [1.82, 2.24) is 5.43 Å². The summed E-state index contributed by atoms with van der Waals surface area (Å²) in [6.45, 7) is 5.87. The van der Waals surface area contributed by atoms with Crippen LogP contribution in [-0.2, 0) is 9.47 Å². The van der Waals surface area contributed by atoms with Gasteiger partial charge in [-0.15, -0.1) is 0 Å². The Balaban J connectivity index is 2.20. The smallest absolute Gasteiger partial charge is 0.0738 e. The molecule has 4 heteroatoms. The normalized spacial score (nSPS) is 23.8. The molecule has 3 unspecified atom stereocenters. The number of nitrogens with two attached hydrogens (primary N) is 1. The van der Waals surface area contributed by atoms with E-state index in [2.05, 4.69) is 12.3 Å². The summed E-state index contributed by atoms with van der Waals surface area (Å²) >= 11 is 0. The Hall–Kier alpha value is -0.160. The molecule has 0 aromatic carbocycles. The molecule has 0 spiro atoms. The van der Waals surface area contributed by atoms with Crippen LogP contribution in [0.3, 0.4) is 0 Å². The third-order valence-corrected chi connectivity index (χ3v) is 3.51. The maximum absolute atomic E-state index is 5.69. The van der Waals surface area contributed by atoms with Gasteiger partial charge < -0.3 is 9.47 Å². The lowest BCUT2D eigenvalue weighted by molar-refractivity contribution is 0.0273. The van der Waals surface area contributed by atoms with Crippen LogP contribution in [0.15, 0.2) is 0 Å². The molecule has 0 bridgehead atoms. The van der Waals surface area contributed by atoms with Crippen LogP contribution in [0, 0.1) is 0 Å². The Morgan fingerprint density at radius 3 is 2.82 bits per heavy atom. The first kappa shape index (κ1) is 14.9. The average molecular weight is 244 g/mol. The molecule has 0 saturated carbocycles. The molecule has 1 saturated heterocycles. The van der Waals surface area contributed by atoms with Gasteiger partial charge in [-0.2, -0.15) is 0 Å². The highest BCUT2D eigenvalue weighted by Crippen LogP contribution is 2.19. The van der Waals surface area contributed by atoms with Crippen LogP contribution in [0.2, 0.25) is 0 Å². The zero-order chi connectivity index (χ0) is 12.5. The van der Waals surface area contributed by atoms with Crippen LogP contribution in [0.4, 0.5) is 0 Å². The molecule has 1 aliphatic heterocycles. The second kappa shape index (κ2) is 8.86. The Labute approximate surface area is 105 Å². The second-order valence-electron chi connectivity index (χ2n) is 4.74. The number of hydrazine groups is 1. The molecule has 3 N–H and O–H groups in total. The lowest BCUT2D eigenvalue weighted by Gasteiger charge is -2.25. The highest BCUT2D eigenvalue weighted by molar-refractivity contribution is 4.75. The summed E-state index contributed by atoms with van der Waals surface area (Å²) in [4.78, 5) is 0. The minimum absolute atomic E-state index is 0.231. The van der Waals surface area contributed by atoms with Gasteiger partial charge in [-0.25, -0.2) is 0 Å². The third-order valence-electron chi connectivity index (χ3n) is 3.51. The molecule has 3 atom stereocenters. The Kier molecular flexibility index (Phi) is 7.77. The number of hydrogen-bond acceptors (Lipinski definition) is 4. The molecule has 1 aliphatic rings. The van der Waals surface area contributed by atoms with E-state index in [0.717, 1.165) is 38.9 Å². The van der Waals surface area contributed by atoms with Crippen LogP contribution in [0.25, 0.3) is 0 Å². The standard InChI is InChI=1S/C13H28N2O2/c1-3-13(16-4-2)12(15-14)9-5-7-11-8-6-10-17-11/h11-13,15H,3-10,14H2,1-2H3. The molecule has 1 fully saturated rings. The summed E-state index contributed by atoms with van der Waals surface area (Å²) in [7, 11) is 0. The highest BCUT2D eigenvalue weighted by Gasteiger charge is 2.20. The molecule has 1 heterocycles. The molecular formula is C13H28N2O2. The fourth-order valence-electron chi connectivity index (χ4n) is 2.55. The Morgan fingerprint density at radius 1 is 1.47 bits per heavy atom. The van der Waals surface area contributed by atoms with Gasteiger partial charge in [0.25, 0.3) is 0 Å². The fraction of sp³-hybridized carbons (Fsp3) is 1.00. The summed E-state index contributed by atoms with van der Waals surface area (Å²) < 4.78 is 11.3. The third kappa shape index (κ3) is 5.34. The van der Waals surface area contributed by atoms with Crippen LogP contribution in [0.1, 0.15) is 52.4 Å². The van der Waals surface area contributed by atoms with Crippen molar-refractivity contribution in [2.45, 2.75) is 70.6 Å². The van der Waals surface area contributed by atoms with Crippen molar-refractivity contribution in [3.8, 4) is 0 Å². The largest absolute Gasteiger partial charge is 0.378 e. The molecule has 0 amide bonds. The summed E-state index contributed by atoms with van der Waals surface area (Å²) in [5.41, 5.74) is 2.90. The van der Waals surface area contributed by atoms with E-state index in [-0.39, 0.29) is 12.1 Å². The van der Waals surface area contributed by atoms with E-state index < -0.39 is 0 Å². The molecular weight excluding hydrogens is 216 g/mol. The first-order valence-electron chi connectivity index (χ1n) is 7.01. The predicted molar refractivity (Wildman–Crippen MR) is 69.6 cm³/mol. The SMILES string of the molecule is CCOC(CC)C(CCCC1CCCO1)NN. The Morgan fingerprint density at radius 2 is 2.29 bits per heavy atom. The van der Waals surface area contributed by atoms with Crippen LogP contribution < -0.4 is 11.3 Å². The van der Waals surface area contributed by atoms with E-state index >= 15 is 0 Å². The minimum atomic E-state index is 0.231. The van der Waals surface area contributed by atoms with Gasteiger partial charge in [-0.05, 0) is 45.4 Å². The number of ether oxygens (including phenoxy) is 2. The van der Waals surface area contributed by atoms with E-state index in [1.54, 1.807) is 0 Å². The quantitative estimate of drug-likeness (QED) is 0.481. The van der Waals surface area contributed by atoms with Gasteiger partial charge in [0.05, 0.1) is 12.2 Å². The number of nitrogens with one attached hydrogen (secondary N) is 1. The van der Waals surface area contributed by atoms with Crippen LogP contribution >= 0.6 is 0 Å². The van der Waals surface area contributed by atoms with Gasteiger partial charge in [0, 0.05) is 19.3 Å². The van der Waals surface area contributed by atoms with Crippen molar-refractivity contribution < 1.29 is 9.47 Å². The monoisotopic (exact) mass is 244 g/mol. The number of hydrogen-bond donors (Lipinski definition) is 2. The lowest BCUT2D eigenvalue weighted by Crippen LogP contribution is -2.45. The zero-order valence-corrected chi connectivity index (χ0v) is 11.3. The lowest BCUT2D eigenvalue weighted by atomic mass is 10.0. The van der Waals surface area contributed by atoms with E-state index in [1.165, 1.54) is 12.8 Å². The summed E-state index contributed by atoms with van der Waals surface area (Å²) in [5, 5.41) is 0.